The molecule has 6 nitrogen and oxygen atoms in total. The van der Waals surface area contributed by atoms with Gasteiger partial charge in [-0.25, -0.2) is 18.7 Å². The SMILES string of the molecule is C[C@H](Nc1ncc(-c2nnc(C(F)F)o2)cn1)c1cc(F)cc(F)c1. The van der Waals surface area contributed by atoms with Crippen LogP contribution < -0.4 is 5.32 Å². The molecule has 0 aliphatic carbocycles. The topological polar surface area (TPSA) is 76.7 Å². The molecule has 0 amide bonds. The van der Waals surface area contributed by atoms with Crippen LogP contribution >= 0.6 is 0 Å². The van der Waals surface area contributed by atoms with Gasteiger partial charge in [0.1, 0.15) is 11.6 Å². The molecule has 130 valence electrons. The molecule has 3 rings (SSSR count). The van der Waals surface area contributed by atoms with Gasteiger partial charge >= 0.3 is 6.43 Å². The van der Waals surface area contributed by atoms with Crippen LogP contribution in [0.25, 0.3) is 11.5 Å². The van der Waals surface area contributed by atoms with E-state index in [0.717, 1.165) is 6.07 Å². The molecular weight excluding hydrogens is 342 g/mol. The highest BCUT2D eigenvalue weighted by Crippen LogP contribution is 2.23. The van der Waals surface area contributed by atoms with Crippen LogP contribution in [0.2, 0.25) is 0 Å². The predicted octanol–water partition coefficient (Wildman–Crippen LogP) is 3.92. The van der Waals surface area contributed by atoms with Crippen molar-refractivity contribution < 1.29 is 22.0 Å². The van der Waals surface area contributed by atoms with E-state index in [1.807, 2.05) is 0 Å². The number of hydrogen-bond acceptors (Lipinski definition) is 6. The fourth-order valence-electron chi connectivity index (χ4n) is 2.05. The lowest BCUT2D eigenvalue weighted by Crippen LogP contribution is -2.10. The van der Waals surface area contributed by atoms with Crippen LogP contribution in [0.5, 0.6) is 0 Å². The highest BCUT2D eigenvalue weighted by molar-refractivity contribution is 5.50. The van der Waals surface area contributed by atoms with Gasteiger partial charge in [-0.2, -0.15) is 8.78 Å². The van der Waals surface area contributed by atoms with Gasteiger partial charge in [0.15, 0.2) is 0 Å². The van der Waals surface area contributed by atoms with E-state index in [2.05, 4.69) is 25.5 Å². The molecule has 0 bridgehead atoms. The number of rotatable bonds is 5. The van der Waals surface area contributed by atoms with Gasteiger partial charge in [-0.1, -0.05) is 0 Å². The fourth-order valence-corrected chi connectivity index (χ4v) is 2.05. The summed E-state index contributed by atoms with van der Waals surface area (Å²) < 4.78 is 56.2. The van der Waals surface area contributed by atoms with E-state index < -0.39 is 30.0 Å². The molecule has 0 unspecified atom stereocenters. The van der Waals surface area contributed by atoms with Crippen molar-refractivity contribution in [2.45, 2.75) is 19.4 Å². The Bertz CT molecular complexity index is 848. The van der Waals surface area contributed by atoms with Crippen molar-refractivity contribution in [3.05, 3.63) is 53.7 Å². The van der Waals surface area contributed by atoms with Gasteiger partial charge in [0.2, 0.25) is 5.95 Å². The minimum atomic E-state index is -2.87. The standard InChI is InChI=1S/C15H11F4N5O/c1-7(8-2-10(16)4-11(17)3-8)22-15-20-5-9(6-21-15)13-23-24-14(25-13)12(18)19/h2-7,12H,1H3,(H,20,21,22)/t7-/m0/s1. The zero-order chi connectivity index (χ0) is 18.0. The molecule has 0 radical (unpaired) electrons. The third-order valence-corrected chi connectivity index (χ3v) is 3.26. The summed E-state index contributed by atoms with van der Waals surface area (Å²) in [4.78, 5) is 7.99. The quantitative estimate of drug-likeness (QED) is 0.701. The average Bonchev–Trinajstić information content (AvgIpc) is 3.05. The molecule has 0 aliphatic heterocycles. The molecule has 1 aromatic carbocycles. The van der Waals surface area contributed by atoms with Gasteiger partial charge in [-0.3, -0.25) is 0 Å². The second kappa shape index (κ2) is 6.83. The Balaban J connectivity index is 1.73. The average molecular weight is 353 g/mol. The smallest absolute Gasteiger partial charge is 0.314 e. The lowest BCUT2D eigenvalue weighted by atomic mass is 10.1. The minimum absolute atomic E-state index is 0.137. The number of hydrogen-bond donors (Lipinski definition) is 1. The molecule has 1 N–H and O–H groups in total. The van der Waals surface area contributed by atoms with E-state index in [9.17, 15) is 17.6 Å². The Morgan fingerprint density at radius 1 is 1.00 bits per heavy atom. The summed E-state index contributed by atoms with van der Waals surface area (Å²) in [5, 5.41) is 9.57. The van der Waals surface area contributed by atoms with Gasteiger partial charge in [0.25, 0.3) is 11.8 Å². The Kier molecular flexibility index (Phi) is 4.59. The summed E-state index contributed by atoms with van der Waals surface area (Å²) in [7, 11) is 0. The van der Waals surface area contributed by atoms with Gasteiger partial charge < -0.3 is 9.73 Å². The number of nitrogens with zero attached hydrogens (tertiary/aromatic N) is 4. The van der Waals surface area contributed by atoms with Crippen LogP contribution in [0, 0.1) is 11.6 Å². The van der Waals surface area contributed by atoms with Crippen LogP contribution in [0.1, 0.15) is 30.8 Å². The summed E-state index contributed by atoms with van der Waals surface area (Å²) in [6, 6.07) is 2.70. The van der Waals surface area contributed by atoms with Crippen molar-refractivity contribution in [3.63, 3.8) is 0 Å². The van der Waals surface area contributed by atoms with Crippen molar-refractivity contribution in [1.29, 1.82) is 0 Å². The summed E-state index contributed by atoms with van der Waals surface area (Å²) in [5.74, 6) is -2.13. The summed E-state index contributed by atoms with van der Waals surface area (Å²) in [6.07, 6.45) is -0.260. The van der Waals surface area contributed by atoms with Crippen LogP contribution in [-0.4, -0.2) is 20.2 Å². The van der Waals surface area contributed by atoms with E-state index in [-0.39, 0.29) is 17.4 Å². The van der Waals surface area contributed by atoms with E-state index in [1.54, 1.807) is 6.92 Å². The van der Waals surface area contributed by atoms with Gasteiger partial charge in [-0.15, -0.1) is 10.2 Å². The van der Waals surface area contributed by atoms with Crippen LogP contribution in [0.3, 0.4) is 0 Å². The van der Waals surface area contributed by atoms with Crippen LogP contribution in [-0.2, 0) is 0 Å². The first-order chi connectivity index (χ1) is 11.9. The molecule has 25 heavy (non-hydrogen) atoms. The highest BCUT2D eigenvalue weighted by atomic mass is 19.3. The van der Waals surface area contributed by atoms with Gasteiger partial charge in [-0.05, 0) is 24.6 Å². The van der Waals surface area contributed by atoms with E-state index >= 15 is 0 Å². The van der Waals surface area contributed by atoms with Crippen LogP contribution in [0.4, 0.5) is 23.5 Å². The molecule has 3 aromatic rings. The highest BCUT2D eigenvalue weighted by Gasteiger charge is 2.17. The molecule has 0 saturated carbocycles. The third-order valence-electron chi connectivity index (χ3n) is 3.26. The Labute approximate surface area is 138 Å². The molecular formula is C15H11F4N5O. The largest absolute Gasteiger partial charge is 0.415 e. The summed E-state index contributed by atoms with van der Waals surface area (Å²) >= 11 is 0. The Morgan fingerprint density at radius 3 is 2.20 bits per heavy atom. The molecule has 1 atom stereocenters. The zero-order valence-corrected chi connectivity index (χ0v) is 12.8. The summed E-state index contributed by atoms with van der Waals surface area (Å²) in [6.45, 7) is 1.68. The van der Waals surface area contributed by atoms with Crippen molar-refractivity contribution >= 4 is 5.95 Å². The first-order valence-corrected chi connectivity index (χ1v) is 7.09. The Hall–Kier alpha value is -3.04. The number of nitrogens with one attached hydrogen (secondary N) is 1. The normalized spacial score (nSPS) is 12.4. The van der Waals surface area contributed by atoms with Crippen molar-refractivity contribution in [1.82, 2.24) is 20.2 Å². The second-order valence-electron chi connectivity index (χ2n) is 5.11. The van der Waals surface area contributed by atoms with Crippen molar-refractivity contribution in [3.8, 4) is 11.5 Å². The van der Waals surface area contributed by atoms with Crippen LogP contribution in [0.15, 0.2) is 35.0 Å². The van der Waals surface area contributed by atoms with E-state index in [0.29, 0.717) is 5.56 Å². The molecule has 0 saturated heterocycles. The predicted molar refractivity (Wildman–Crippen MR) is 78.7 cm³/mol. The summed E-state index contributed by atoms with van der Waals surface area (Å²) in [5.41, 5.74) is 0.637. The number of aromatic nitrogens is 4. The fraction of sp³-hybridized carbons (Fsp3) is 0.200. The molecule has 2 aromatic heterocycles. The maximum atomic E-state index is 13.3. The van der Waals surface area contributed by atoms with E-state index in [1.165, 1.54) is 24.5 Å². The first kappa shape index (κ1) is 16.8. The maximum absolute atomic E-state index is 13.3. The first-order valence-electron chi connectivity index (χ1n) is 7.09. The minimum Gasteiger partial charge on any atom is -0.415 e. The number of anilines is 1. The van der Waals surface area contributed by atoms with Crippen molar-refractivity contribution in [2.24, 2.45) is 0 Å². The third kappa shape index (κ3) is 3.90. The molecule has 2 heterocycles. The van der Waals surface area contributed by atoms with Crippen molar-refractivity contribution in [2.75, 3.05) is 5.32 Å². The Morgan fingerprint density at radius 2 is 1.64 bits per heavy atom. The van der Waals surface area contributed by atoms with Gasteiger partial charge in [0, 0.05) is 18.5 Å². The number of halogens is 4. The molecule has 10 heteroatoms. The lowest BCUT2D eigenvalue weighted by Gasteiger charge is -2.14. The number of alkyl halides is 2. The maximum Gasteiger partial charge on any atom is 0.314 e. The van der Waals surface area contributed by atoms with E-state index in [4.69, 9.17) is 4.42 Å². The molecule has 0 fully saturated rings. The second-order valence-corrected chi connectivity index (χ2v) is 5.11. The molecule has 0 aliphatic rings. The number of benzene rings is 1. The molecule has 0 spiro atoms. The lowest BCUT2D eigenvalue weighted by molar-refractivity contribution is 0.116. The monoisotopic (exact) mass is 353 g/mol. The van der Waals surface area contributed by atoms with Gasteiger partial charge in [0.05, 0.1) is 11.6 Å². The zero-order valence-electron chi connectivity index (χ0n) is 12.8.